The van der Waals surface area contributed by atoms with Gasteiger partial charge in [0.25, 0.3) is 0 Å². The molecule has 1 aliphatic carbocycles. The molecule has 2 nitrogen and oxygen atoms in total. The maximum atomic E-state index is 5.28. The number of aryl methyl sites for hydroxylation is 1. The van der Waals surface area contributed by atoms with Gasteiger partial charge >= 0.3 is 39.3 Å². The van der Waals surface area contributed by atoms with Gasteiger partial charge in [0.05, 0.1) is 22.8 Å². The van der Waals surface area contributed by atoms with Crippen LogP contribution in [0.3, 0.4) is 0 Å². The van der Waals surface area contributed by atoms with Crippen LogP contribution in [0.15, 0.2) is 91.7 Å². The third-order valence-electron chi connectivity index (χ3n) is 6.03. The zero-order valence-electron chi connectivity index (χ0n) is 20.2. The van der Waals surface area contributed by atoms with Crippen molar-refractivity contribution in [1.29, 1.82) is 0 Å². The third-order valence-corrected chi connectivity index (χ3v) is 7.09. The zero-order chi connectivity index (χ0) is 26.0. The summed E-state index contributed by atoms with van der Waals surface area (Å²) < 4.78 is 1.99. The summed E-state index contributed by atoms with van der Waals surface area (Å²) in [6.45, 7) is 8.78. The van der Waals surface area contributed by atoms with Gasteiger partial charge in [-0.3, -0.25) is 0 Å². The molecule has 4 aromatic carbocycles. The number of benzene rings is 4. The van der Waals surface area contributed by atoms with Crippen LogP contribution in [0, 0.1) is 6.92 Å². The Morgan fingerprint density at radius 1 is 0.750 bits per heavy atom. The van der Waals surface area contributed by atoms with Crippen LogP contribution in [0.25, 0.3) is 10.8 Å². The van der Waals surface area contributed by atoms with Crippen LogP contribution in [-0.2, 0) is 16.3 Å². The molecular weight excluding hydrogens is 755 g/mol. The summed E-state index contributed by atoms with van der Waals surface area (Å²) in [5, 5.41) is 2.43. The van der Waals surface area contributed by atoms with Crippen LogP contribution >= 0.6 is 60.3 Å². The van der Waals surface area contributed by atoms with Crippen molar-refractivity contribution in [2.75, 3.05) is 0 Å². The minimum absolute atomic E-state index is 0.0131. The van der Waals surface area contributed by atoms with Gasteiger partial charge < -0.3 is 0 Å². The Labute approximate surface area is 249 Å². The van der Waals surface area contributed by atoms with Crippen LogP contribution < -0.4 is 0 Å². The summed E-state index contributed by atoms with van der Waals surface area (Å²) in [4.78, 5) is 10.5. The number of hydrogen-bond donors (Lipinski definition) is 0. The quantitative estimate of drug-likeness (QED) is 0.181. The fraction of sp³-hybridized carbons (Fsp3) is 0.172. The topological polar surface area (TPSA) is 24.7 Å². The second kappa shape index (κ2) is 11.7. The monoisotopic (exact) mass is 774 g/mol. The van der Waals surface area contributed by atoms with E-state index in [0.717, 1.165) is 48.4 Å². The van der Waals surface area contributed by atoms with Gasteiger partial charge in [0.1, 0.15) is 0 Å². The van der Waals surface area contributed by atoms with Gasteiger partial charge in [-0.25, -0.2) is 9.98 Å². The molecule has 0 aromatic heterocycles. The summed E-state index contributed by atoms with van der Waals surface area (Å²) in [5.74, 6) is 0. The molecule has 5 rings (SSSR count). The van der Waals surface area contributed by atoms with Crippen molar-refractivity contribution >= 4 is 93.9 Å². The second-order valence-electron chi connectivity index (χ2n) is 9.50. The number of hydrogen-bond acceptors (Lipinski definition) is 2. The van der Waals surface area contributed by atoms with Gasteiger partial charge in [-0.15, -0.1) is 0 Å². The van der Waals surface area contributed by atoms with Crippen LogP contribution in [0.2, 0.25) is 0 Å². The Morgan fingerprint density at radius 2 is 1.33 bits per heavy atom. The standard InChI is InChI=1S/C29H24Br2N2.2BrH.Ni/c1-17-15-19(30)16-23(31)26(17)33-28-21-12-8-10-18-9-7-11-20(25(18)21)27(28)32-24-14-6-5-13-22(24)29(2,3)4;;;/h5-16H,1-4H3;2*1H;/q;;;+2/p-2. The van der Waals surface area contributed by atoms with Crippen molar-refractivity contribution < 1.29 is 10.9 Å². The van der Waals surface area contributed by atoms with E-state index in [0.29, 0.717) is 0 Å². The zero-order valence-corrected chi connectivity index (χ0v) is 27.5. The number of nitrogens with zero attached hydrogens (tertiary/aromatic N) is 2. The Morgan fingerprint density at radius 3 is 1.92 bits per heavy atom. The second-order valence-corrected chi connectivity index (χ2v) is 16.2. The maximum absolute atomic E-state index is 5.28. The Balaban J connectivity index is 0.000000967. The van der Waals surface area contributed by atoms with Crippen molar-refractivity contribution in [3.63, 3.8) is 0 Å². The molecule has 4 aromatic rings. The third kappa shape index (κ3) is 5.81. The van der Waals surface area contributed by atoms with Gasteiger partial charge in [-0.05, 0) is 63.0 Å². The molecule has 188 valence electrons. The fourth-order valence-electron chi connectivity index (χ4n) is 4.49. The van der Waals surface area contributed by atoms with Crippen molar-refractivity contribution in [1.82, 2.24) is 0 Å². The molecule has 0 amide bonds. The number of rotatable bonds is 2. The number of aliphatic imine (C=N–C) groups is 2. The molecule has 0 saturated heterocycles. The number of para-hydroxylation sites is 1. The summed E-state index contributed by atoms with van der Waals surface area (Å²) >= 11 is 13.3. The normalized spacial score (nSPS) is 15.0. The van der Waals surface area contributed by atoms with Gasteiger partial charge in [-0.2, -0.15) is 0 Å². The molecule has 0 bridgehead atoms. The van der Waals surface area contributed by atoms with E-state index < -0.39 is 0 Å². The molecule has 0 radical (unpaired) electrons. The summed E-state index contributed by atoms with van der Waals surface area (Å²) in [5.41, 5.74) is 8.33. The van der Waals surface area contributed by atoms with Gasteiger partial charge in [0, 0.05) is 25.5 Å². The SMILES string of the molecule is Cc1cc(Br)cc(Br)c1N=C1C(=Nc2ccccc2C(C)(C)C)c2cccc3cccc1c23.[Br][Ni][Br]. The number of halogens is 4. The average molecular weight is 779 g/mol. The van der Waals surface area contributed by atoms with Crippen LogP contribution in [0.4, 0.5) is 11.4 Å². The first-order valence-electron chi connectivity index (χ1n) is 11.2. The van der Waals surface area contributed by atoms with E-state index in [9.17, 15) is 0 Å². The first-order chi connectivity index (χ1) is 17.2. The molecule has 36 heavy (non-hydrogen) atoms. The Hall–Kier alpha value is -1.11. The van der Waals surface area contributed by atoms with E-state index in [-0.39, 0.29) is 5.41 Å². The van der Waals surface area contributed by atoms with Crippen molar-refractivity contribution in [3.8, 4) is 0 Å². The summed E-state index contributed by atoms with van der Waals surface area (Å²) in [6, 6.07) is 25.4. The van der Waals surface area contributed by atoms with E-state index in [1.807, 2.05) is 6.07 Å². The molecule has 0 N–H and O–H groups in total. The summed E-state index contributed by atoms with van der Waals surface area (Å²) in [6.07, 6.45) is 0. The molecule has 0 fully saturated rings. The van der Waals surface area contributed by atoms with Gasteiger partial charge in [0.2, 0.25) is 0 Å². The Kier molecular flexibility index (Phi) is 9.10. The van der Waals surface area contributed by atoms with E-state index in [4.69, 9.17) is 9.98 Å². The van der Waals surface area contributed by atoms with Crippen molar-refractivity contribution in [3.05, 3.63) is 104 Å². The molecule has 0 aliphatic heterocycles. The van der Waals surface area contributed by atoms with Crippen LogP contribution in [-0.4, -0.2) is 11.4 Å². The molecule has 0 atom stereocenters. The van der Waals surface area contributed by atoms with E-state index >= 15 is 0 Å². The first kappa shape index (κ1) is 27.9. The Bertz CT molecular complexity index is 1470. The molecule has 0 unspecified atom stereocenters. The predicted octanol–water partition coefficient (Wildman–Crippen LogP) is 10.9. The van der Waals surface area contributed by atoms with E-state index in [1.165, 1.54) is 27.2 Å². The summed E-state index contributed by atoms with van der Waals surface area (Å²) in [7, 11) is 1.25. The minimum atomic E-state index is -0.0131. The van der Waals surface area contributed by atoms with Gasteiger partial charge in [-0.1, -0.05) is 91.3 Å². The molecular formula is C29H24Br4N2Ni. The molecule has 7 heteroatoms. The molecule has 0 heterocycles. The van der Waals surface area contributed by atoms with Crippen LogP contribution in [0.5, 0.6) is 0 Å². The molecule has 0 saturated carbocycles. The van der Waals surface area contributed by atoms with E-state index in [1.54, 1.807) is 0 Å². The van der Waals surface area contributed by atoms with Crippen LogP contribution in [0.1, 0.15) is 43.0 Å². The first-order valence-corrected chi connectivity index (χ1v) is 17.7. The molecule has 0 spiro atoms. The van der Waals surface area contributed by atoms with Crippen molar-refractivity contribution in [2.45, 2.75) is 33.1 Å². The van der Waals surface area contributed by atoms with Gasteiger partial charge in [0.15, 0.2) is 0 Å². The fourth-order valence-corrected chi connectivity index (χ4v) is 6.02. The van der Waals surface area contributed by atoms with Crippen molar-refractivity contribution in [2.24, 2.45) is 9.98 Å². The van der Waals surface area contributed by atoms with E-state index in [2.05, 4.69) is 155 Å². The predicted molar refractivity (Wildman–Crippen MR) is 166 cm³/mol. The average Bonchev–Trinajstić information content (AvgIpc) is 3.11. The molecule has 1 aliphatic rings.